The minimum Gasteiger partial charge on any atom is -0.326 e. The fourth-order valence-electron chi connectivity index (χ4n) is 1.98. The molecule has 3 N–H and O–H groups in total. The van der Waals surface area contributed by atoms with Crippen molar-refractivity contribution >= 4 is 11.6 Å². The number of hydrogen-bond acceptors (Lipinski definition) is 3. The molecule has 1 aromatic carbocycles. The topological polar surface area (TPSA) is 72.9 Å². The van der Waals surface area contributed by atoms with Crippen LogP contribution in [0.25, 0.3) is 0 Å². The fraction of sp³-hybridized carbons (Fsp3) is 0.286. The normalized spacial score (nSPS) is 10.5. The lowest BCUT2D eigenvalue weighted by Crippen LogP contribution is -2.21. The maximum absolute atomic E-state index is 12.0. The summed E-state index contributed by atoms with van der Waals surface area (Å²) in [4.78, 5) is 12.0. The Balaban J connectivity index is 2.07. The molecular weight excluding hydrogens is 240 g/mol. The maximum atomic E-state index is 12.0. The van der Waals surface area contributed by atoms with Crippen LogP contribution < -0.4 is 11.1 Å². The van der Waals surface area contributed by atoms with Crippen LogP contribution in [0.15, 0.2) is 30.3 Å². The first-order valence-electron chi connectivity index (χ1n) is 6.19. The van der Waals surface area contributed by atoms with E-state index in [0.717, 1.165) is 22.6 Å². The molecule has 100 valence electrons. The lowest BCUT2D eigenvalue weighted by Gasteiger charge is -2.10. The Labute approximate surface area is 112 Å². The zero-order valence-corrected chi connectivity index (χ0v) is 11.2. The number of nitrogens with one attached hydrogen (secondary N) is 1. The van der Waals surface area contributed by atoms with E-state index >= 15 is 0 Å². The van der Waals surface area contributed by atoms with Crippen LogP contribution in [0.4, 0.5) is 5.69 Å². The molecule has 0 saturated carbocycles. The molecule has 0 radical (unpaired) electrons. The van der Waals surface area contributed by atoms with Gasteiger partial charge in [0.2, 0.25) is 5.91 Å². The van der Waals surface area contributed by atoms with Crippen molar-refractivity contribution < 1.29 is 4.79 Å². The van der Waals surface area contributed by atoms with Gasteiger partial charge in [0.25, 0.3) is 0 Å². The smallest absolute Gasteiger partial charge is 0.246 e. The van der Waals surface area contributed by atoms with E-state index in [-0.39, 0.29) is 12.5 Å². The van der Waals surface area contributed by atoms with Crippen molar-refractivity contribution in [3.8, 4) is 0 Å². The molecule has 0 bridgehead atoms. The SMILES string of the molecule is Cc1cc(C)n(CC(=O)Nc2ccccc2CN)n1. The number of aromatic nitrogens is 2. The van der Waals surface area contributed by atoms with Gasteiger partial charge in [-0.25, -0.2) is 0 Å². The molecule has 2 rings (SSSR count). The number of para-hydroxylation sites is 1. The Morgan fingerprint density at radius 2 is 2.11 bits per heavy atom. The largest absolute Gasteiger partial charge is 0.326 e. The molecule has 0 aliphatic rings. The summed E-state index contributed by atoms with van der Waals surface area (Å²) in [6.07, 6.45) is 0. The second-order valence-electron chi connectivity index (χ2n) is 4.49. The number of aryl methyl sites for hydroxylation is 2. The number of nitrogens with two attached hydrogens (primary N) is 1. The first-order chi connectivity index (χ1) is 9.10. The molecule has 0 fully saturated rings. The third-order valence-corrected chi connectivity index (χ3v) is 2.91. The molecular formula is C14H18N4O. The average Bonchev–Trinajstić information content (AvgIpc) is 2.68. The van der Waals surface area contributed by atoms with E-state index in [1.807, 2.05) is 44.2 Å². The van der Waals surface area contributed by atoms with Crippen molar-refractivity contribution in [1.29, 1.82) is 0 Å². The molecule has 5 heteroatoms. The summed E-state index contributed by atoms with van der Waals surface area (Å²) in [6, 6.07) is 9.47. The zero-order chi connectivity index (χ0) is 13.8. The highest BCUT2D eigenvalue weighted by Crippen LogP contribution is 2.14. The third kappa shape index (κ3) is 3.20. The summed E-state index contributed by atoms with van der Waals surface area (Å²) in [5, 5.41) is 7.13. The Morgan fingerprint density at radius 3 is 2.74 bits per heavy atom. The van der Waals surface area contributed by atoms with Crippen molar-refractivity contribution in [1.82, 2.24) is 9.78 Å². The van der Waals surface area contributed by atoms with E-state index in [9.17, 15) is 4.79 Å². The van der Waals surface area contributed by atoms with E-state index < -0.39 is 0 Å². The summed E-state index contributed by atoms with van der Waals surface area (Å²) in [7, 11) is 0. The van der Waals surface area contributed by atoms with Gasteiger partial charge in [-0.1, -0.05) is 18.2 Å². The van der Waals surface area contributed by atoms with Gasteiger partial charge in [0, 0.05) is 17.9 Å². The number of carbonyl (C=O) groups excluding carboxylic acids is 1. The van der Waals surface area contributed by atoms with E-state index in [0.29, 0.717) is 6.54 Å². The highest BCUT2D eigenvalue weighted by atomic mass is 16.2. The van der Waals surface area contributed by atoms with Crippen molar-refractivity contribution in [2.45, 2.75) is 26.9 Å². The maximum Gasteiger partial charge on any atom is 0.246 e. The molecule has 0 aliphatic carbocycles. The summed E-state index contributed by atoms with van der Waals surface area (Å²) >= 11 is 0. The number of nitrogens with zero attached hydrogens (tertiary/aromatic N) is 2. The van der Waals surface area contributed by atoms with E-state index in [2.05, 4.69) is 10.4 Å². The molecule has 1 aromatic heterocycles. The van der Waals surface area contributed by atoms with Crippen LogP contribution in [-0.2, 0) is 17.9 Å². The predicted molar refractivity (Wildman–Crippen MR) is 74.7 cm³/mol. The van der Waals surface area contributed by atoms with Gasteiger partial charge in [-0.3, -0.25) is 9.48 Å². The molecule has 0 spiro atoms. The number of rotatable bonds is 4. The van der Waals surface area contributed by atoms with Crippen molar-refractivity contribution in [3.63, 3.8) is 0 Å². The highest BCUT2D eigenvalue weighted by Gasteiger charge is 2.09. The third-order valence-electron chi connectivity index (χ3n) is 2.91. The number of amides is 1. The first-order valence-corrected chi connectivity index (χ1v) is 6.19. The first kappa shape index (κ1) is 13.3. The van der Waals surface area contributed by atoms with Crippen molar-refractivity contribution in [2.24, 2.45) is 5.73 Å². The van der Waals surface area contributed by atoms with Crippen LogP contribution in [0.3, 0.4) is 0 Å². The van der Waals surface area contributed by atoms with Crippen LogP contribution in [0.5, 0.6) is 0 Å². The Hall–Kier alpha value is -2.14. The molecule has 0 atom stereocenters. The number of benzene rings is 1. The van der Waals surface area contributed by atoms with E-state index in [1.54, 1.807) is 4.68 Å². The lowest BCUT2D eigenvalue weighted by atomic mass is 10.2. The van der Waals surface area contributed by atoms with E-state index in [1.165, 1.54) is 0 Å². The van der Waals surface area contributed by atoms with Gasteiger partial charge in [-0.15, -0.1) is 0 Å². The number of anilines is 1. The van der Waals surface area contributed by atoms with Gasteiger partial charge in [0.05, 0.1) is 5.69 Å². The summed E-state index contributed by atoms with van der Waals surface area (Å²) in [6.45, 7) is 4.45. The molecule has 19 heavy (non-hydrogen) atoms. The van der Waals surface area contributed by atoms with Crippen LogP contribution in [0.2, 0.25) is 0 Å². The monoisotopic (exact) mass is 258 g/mol. The van der Waals surface area contributed by atoms with Crippen molar-refractivity contribution in [3.05, 3.63) is 47.3 Å². The van der Waals surface area contributed by atoms with Gasteiger partial charge >= 0.3 is 0 Å². The summed E-state index contributed by atoms with van der Waals surface area (Å²) in [5.41, 5.74) is 9.20. The molecule has 1 amide bonds. The predicted octanol–water partition coefficient (Wildman–Crippen LogP) is 1.60. The molecule has 5 nitrogen and oxygen atoms in total. The van der Waals surface area contributed by atoms with Crippen LogP contribution in [0.1, 0.15) is 17.0 Å². The van der Waals surface area contributed by atoms with Crippen LogP contribution >= 0.6 is 0 Å². The van der Waals surface area contributed by atoms with Crippen LogP contribution in [0, 0.1) is 13.8 Å². The molecule has 2 aromatic rings. The lowest BCUT2D eigenvalue weighted by molar-refractivity contribution is -0.116. The van der Waals surface area contributed by atoms with E-state index in [4.69, 9.17) is 5.73 Å². The van der Waals surface area contributed by atoms with Gasteiger partial charge in [0.1, 0.15) is 6.54 Å². The Morgan fingerprint density at radius 1 is 1.37 bits per heavy atom. The molecule has 0 saturated heterocycles. The zero-order valence-electron chi connectivity index (χ0n) is 11.2. The van der Waals surface area contributed by atoms with Gasteiger partial charge < -0.3 is 11.1 Å². The Kier molecular flexibility index (Phi) is 3.97. The van der Waals surface area contributed by atoms with Gasteiger partial charge in [-0.2, -0.15) is 5.10 Å². The minimum absolute atomic E-state index is 0.105. The fourth-order valence-corrected chi connectivity index (χ4v) is 1.98. The van der Waals surface area contributed by atoms with Crippen LogP contribution in [-0.4, -0.2) is 15.7 Å². The molecule has 0 unspecified atom stereocenters. The number of carbonyl (C=O) groups is 1. The second-order valence-corrected chi connectivity index (χ2v) is 4.49. The van der Waals surface area contributed by atoms with Gasteiger partial charge in [0.15, 0.2) is 0 Å². The standard InChI is InChI=1S/C14H18N4O/c1-10-7-11(2)18(17-10)9-14(19)16-13-6-4-3-5-12(13)8-15/h3-7H,8-9,15H2,1-2H3,(H,16,19). The molecule has 0 aliphatic heterocycles. The average molecular weight is 258 g/mol. The molecule has 1 heterocycles. The summed E-state index contributed by atoms with van der Waals surface area (Å²) < 4.78 is 1.69. The Bertz CT molecular complexity index is 589. The minimum atomic E-state index is -0.105. The second kappa shape index (κ2) is 5.67. The van der Waals surface area contributed by atoms with Crippen molar-refractivity contribution in [2.75, 3.05) is 5.32 Å². The van der Waals surface area contributed by atoms with Gasteiger partial charge in [-0.05, 0) is 31.5 Å². The quantitative estimate of drug-likeness (QED) is 0.874. The number of hydrogen-bond donors (Lipinski definition) is 2. The summed E-state index contributed by atoms with van der Waals surface area (Å²) in [5.74, 6) is -0.105. The highest BCUT2D eigenvalue weighted by molar-refractivity contribution is 5.91.